The molecular weight excluding hydrogens is 362 g/mol. The Hall–Kier alpha value is -1.43. The zero-order valence-electron chi connectivity index (χ0n) is 16.1. The Labute approximate surface area is 167 Å². The Balaban J connectivity index is 1.39. The number of rotatable bonds is 6. The molecule has 6 heteroatoms. The largest absolute Gasteiger partial charge is 0.352 e. The molecule has 1 N–H and O–H groups in total. The number of Topliss-reactive ketones (excluding diaryl/α,β-unsaturated/α-hetero) is 1. The molecule has 2 heterocycles. The maximum atomic E-state index is 12.6. The van der Waals surface area contributed by atoms with Gasteiger partial charge < -0.3 is 10.2 Å². The number of carbonyl (C=O) groups excluding carboxylic acids is 2. The van der Waals surface area contributed by atoms with Gasteiger partial charge in [-0.15, -0.1) is 0 Å². The molecule has 3 rings (SSSR count). The molecule has 148 valence electrons. The number of nitrogens with one attached hydrogen (secondary N) is 1. The molecule has 0 atom stereocenters. The molecule has 0 aromatic heterocycles. The monoisotopic (exact) mass is 391 g/mol. The quantitative estimate of drug-likeness (QED) is 0.757. The normalized spacial score (nSPS) is 20.5. The zero-order valence-corrected chi connectivity index (χ0v) is 16.9. The van der Waals surface area contributed by atoms with Gasteiger partial charge in [-0.2, -0.15) is 0 Å². The van der Waals surface area contributed by atoms with Crippen molar-refractivity contribution in [3.8, 4) is 0 Å². The topological polar surface area (TPSA) is 52.7 Å². The van der Waals surface area contributed by atoms with Crippen LogP contribution in [0.1, 0.15) is 43.0 Å². The van der Waals surface area contributed by atoms with Crippen LogP contribution in [-0.4, -0.2) is 66.8 Å². The summed E-state index contributed by atoms with van der Waals surface area (Å²) in [5.74, 6) is 0.356. The molecular formula is C21H30ClN3O2. The molecule has 5 nitrogen and oxygen atoms in total. The van der Waals surface area contributed by atoms with Crippen molar-refractivity contribution in [3.05, 3.63) is 34.9 Å². The number of likely N-dealkylation sites (tertiary alicyclic amines) is 2. The molecule has 1 aromatic carbocycles. The summed E-state index contributed by atoms with van der Waals surface area (Å²) in [5.41, 5.74) is 0.731. The minimum Gasteiger partial charge on any atom is -0.352 e. The average molecular weight is 392 g/mol. The third-order valence-corrected chi connectivity index (χ3v) is 6.11. The van der Waals surface area contributed by atoms with Crippen molar-refractivity contribution in [2.75, 3.05) is 39.3 Å². The highest BCUT2D eigenvalue weighted by Gasteiger charge is 2.27. The van der Waals surface area contributed by atoms with E-state index >= 15 is 0 Å². The van der Waals surface area contributed by atoms with E-state index in [0.29, 0.717) is 17.6 Å². The second-order valence-corrected chi connectivity index (χ2v) is 8.13. The smallest absolute Gasteiger partial charge is 0.234 e. The number of ketones is 1. The van der Waals surface area contributed by atoms with E-state index in [1.54, 1.807) is 24.3 Å². The molecule has 0 unspecified atom stereocenters. The Morgan fingerprint density at radius 1 is 1.00 bits per heavy atom. The summed E-state index contributed by atoms with van der Waals surface area (Å²) >= 11 is 5.90. The number of hydrogen-bond donors (Lipinski definition) is 1. The first-order valence-electron chi connectivity index (χ1n) is 10.1. The first-order chi connectivity index (χ1) is 13.0. The summed E-state index contributed by atoms with van der Waals surface area (Å²) in [6.07, 6.45) is 3.70. The molecule has 1 amide bonds. The van der Waals surface area contributed by atoms with Gasteiger partial charge in [-0.3, -0.25) is 14.5 Å². The SMILES string of the molecule is CCN1CCC(NC(=O)CN2CCC(C(=O)c3ccc(Cl)cc3)CC2)CC1. The lowest BCUT2D eigenvalue weighted by Crippen LogP contribution is -2.48. The van der Waals surface area contributed by atoms with Crippen LogP contribution < -0.4 is 5.32 Å². The number of carbonyl (C=O) groups is 2. The number of nitrogens with zero attached hydrogens (tertiary/aromatic N) is 2. The van der Waals surface area contributed by atoms with Crippen LogP contribution in [0.2, 0.25) is 5.02 Å². The molecule has 0 bridgehead atoms. The van der Waals surface area contributed by atoms with Crippen molar-refractivity contribution < 1.29 is 9.59 Å². The first-order valence-corrected chi connectivity index (χ1v) is 10.5. The van der Waals surface area contributed by atoms with Crippen molar-refractivity contribution in [2.24, 2.45) is 5.92 Å². The van der Waals surface area contributed by atoms with Crippen LogP contribution in [-0.2, 0) is 4.79 Å². The van der Waals surface area contributed by atoms with E-state index in [1.165, 1.54) is 0 Å². The van der Waals surface area contributed by atoms with Gasteiger partial charge in [0.05, 0.1) is 6.54 Å². The third kappa shape index (κ3) is 5.77. The fraction of sp³-hybridized carbons (Fsp3) is 0.619. The maximum absolute atomic E-state index is 12.6. The fourth-order valence-corrected chi connectivity index (χ4v) is 4.20. The van der Waals surface area contributed by atoms with E-state index in [1.807, 2.05) is 0 Å². The molecule has 2 aliphatic heterocycles. The van der Waals surface area contributed by atoms with Gasteiger partial charge in [0.15, 0.2) is 5.78 Å². The summed E-state index contributed by atoms with van der Waals surface area (Å²) < 4.78 is 0. The summed E-state index contributed by atoms with van der Waals surface area (Å²) in [5, 5.41) is 3.84. The Bertz CT molecular complexity index is 633. The summed E-state index contributed by atoms with van der Waals surface area (Å²) in [7, 11) is 0. The van der Waals surface area contributed by atoms with Crippen molar-refractivity contribution in [1.29, 1.82) is 0 Å². The molecule has 0 saturated carbocycles. The van der Waals surface area contributed by atoms with Gasteiger partial charge in [0.1, 0.15) is 0 Å². The average Bonchev–Trinajstić information content (AvgIpc) is 2.69. The lowest BCUT2D eigenvalue weighted by Gasteiger charge is -2.33. The van der Waals surface area contributed by atoms with Crippen LogP contribution in [0.25, 0.3) is 0 Å². The van der Waals surface area contributed by atoms with Gasteiger partial charge in [0.25, 0.3) is 0 Å². The lowest BCUT2D eigenvalue weighted by atomic mass is 9.89. The van der Waals surface area contributed by atoms with Crippen LogP contribution in [0.3, 0.4) is 0 Å². The molecule has 0 aliphatic carbocycles. The minimum absolute atomic E-state index is 0.0452. The number of benzene rings is 1. The van der Waals surface area contributed by atoms with E-state index in [4.69, 9.17) is 11.6 Å². The number of amides is 1. The minimum atomic E-state index is 0.0452. The van der Waals surface area contributed by atoms with Crippen LogP contribution >= 0.6 is 11.6 Å². The Morgan fingerprint density at radius 3 is 2.19 bits per heavy atom. The van der Waals surface area contributed by atoms with E-state index in [9.17, 15) is 9.59 Å². The van der Waals surface area contributed by atoms with E-state index in [0.717, 1.165) is 64.0 Å². The van der Waals surface area contributed by atoms with Crippen molar-refractivity contribution in [2.45, 2.75) is 38.6 Å². The van der Waals surface area contributed by atoms with Crippen molar-refractivity contribution in [3.63, 3.8) is 0 Å². The van der Waals surface area contributed by atoms with Crippen LogP contribution in [0.5, 0.6) is 0 Å². The molecule has 2 aliphatic rings. The van der Waals surface area contributed by atoms with Gasteiger partial charge in [0, 0.05) is 35.6 Å². The highest BCUT2D eigenvalue weighted by atomic mass is 35.5. The predicted molar refractivity (Wildman–Crippen MR) is 108 cm³/mol. The summed E-state index contributed by atoms with van der Waals surface area (Å²) in [6.45, 7) is 7.44. The van der Waals surface area contributed by atoms with E-state index in [-0.39, 0.29) is 17.6 Å². The zero-order chi connectivity index (χ0) is 19.2. The van der Waals surface area contributed by atoms with Gasteiger partial charge in [-0.25, -0.2) is 0 Å². The number of piperidine rings is 2. The standard InChI is InChI=1S/C21H30ClN3O2/c1-2-24-13-9-19(10-14-24)23-20(26)15-25-11-7-17(8-12-25)21(27)16-3-5-18(22)6-4-16/h3-6,17,19H,2,7-15H2,1H3,(H,23,26). The van der Waals surface area contributed by atoms with E-state index in [2.05, 4.69) is 22.0 Å². The van der Waals surface area contributed by atoms with Crippen LogP contribution in [0.4, 0.5) is 0 Å². The predicted octanol–water partition coefficient (Wildman–Crippen LogP) is 2.84. The fourth-order valence-electron chi connectivity index (χ4n) is 4.07. The van der Waals surface area contributed by atoms with Crippen molar-refractivity contribution in [1.82, 2.24) is 15.1 Å². The van der Waals surface area contributed by atoms with E-state index < -0.39 is 0 Å². The van der Waals surface area contributed by atoms with Crippen LogP contribution in [0, 0.1) is 5.92 Å². The summed E-state index contributed by atoms with van der Waals surface area (Å²) in [6, 6.07) is 7.44. The number of halogens is 1. The first kappa shape index (κ1) is 20.3. The van der Waals surface area contributed by atoms with Gasteiger partial charge in [-0.1, -0.05) is 18.5 Å². The molecule has 2 fully saturated rings. The Kier molecular flexibility index (Phi) is 7.27. The second kappa shape index (κ2) is 9.67. The van der Waals surface area contributed by atoms with Crippen molar-refractivity contribution >= 4 is 23.3 Å². The number of hydrogen-bond acceptors (Lipinski definition) is 4. The molecule has 1 aromatic rings. The molecule has 27 heavy (non-hydrogen) atoms. The molecule has 0 radical (unpaired) electrons. The lowest BCUT2D eigenvalue weighted by molar-refractivity contribution is -0.123. The van der Waals surface area contributed by atoms with Gasteiger partial charge in [0.2, 0.25) is 5.91 Å². The van der Waals surface area contributed by atoms with Crippen LogP contribution in [0.15, 0.2) is 24.3 Å². The molecule has 2 saturated heterocycles. The molecule has 0 spiro atoms. The van der Waals surface area contributed by atoms with Gasteiger partial charge in [-0.05, 0) is 69.6 Å². The van der Waals surface area contributed by atoms with Gasteiger partial charge >= 0.3 is 0 Å². The highest BCUT2D eigenvalue weighted by Crippen LogP contribution is 2.22. The maximum Gasteiger partial charge on any atom is 0.234 e. The second-order valence-electron chi connectivity index (χ2n) is 7.70. The third-order valence-electron chi connectivity index (χ3n) is 5.85. The summed E-state index contributed by atoms with van der Waals surface area (Å²) in [4.78, 5) is 29.6. The highest BCUT2D eigenvalue weighted by molar-refractivity contribution is 6.30. The Morgan fingerprint density at radius 2 is 1.59 bits per heavy atom.